The van der Waals surface area contributed by atoms with Crippen LogP contribution in [0.2, 0.25) is 0 Å². The van der Waals surface area contributed by atoms with Gasteiger partial charge in [0.25, 0.3) is 0 Å². The summed E-state index contributed by atoms with van der Waals surface area (Å²) >= 11 is 1.51. The number of aromatic nitrogens is 3. The van der Waals surface area contributed by atoms with Crippen molar-refractivity contribution in [3.63, 3.8) is 0 Å². The molecule has 35 heavy (non-hydrogen) atoms. The molecule has 0 bridgehead atoms. The van der Waals surface area contributed by atoms with Gasteiger partial charge in [-0.1, -0.05) is 19.9 Å². The van der Waals surface area contributed by atoms with Crippen LogP contribution in [0.4, 0.5) is 11.6 Å². The van der Waals surface area contributed by atoms with Gasteiger partial charge in [-0.3, -0.25) is 4.79 Å². The van der Waals surface area contributed by atoms with E-state index >= 15 is 0 Å². The zero-order valence-corrected chi connectivity index (χ0v) is 22.0. The fourth-order valence-corrected chi connectivity index (χ4v) is 6.18. The van der Waals surface area contributed by atoms with Gasteiger partial charge >= 0.3 is 5.97 Å². The second-order valence-corrected chi connectivity index (χ2v) is 11.2. The van der Waals surface area contributed by atoms with Crippen LogP contribution >= 0.6 is 11.3 Å². The lowest BCUT2D eigenvalue weighted by Gasteiger charge is -2.42. The lowest BCUT2D eigenvalue weighted by Crippen LogP contribution is -2.44. The zero-order chi connectivity index (χ0) is 25.3. The van der Waals surface area contributed by atoms with E-state index in [0.717, 1.165) is 27.4 Å². The number of carbonyl (C=O) groups is 1. The molecule has 3 aromatic rings. The normalized spacial score (nSPS) is 24.4. The number of esters is 1. The summed E-state index contributed by atoms with van der Waals surface area (Å²) in [5.74, 6) is 0.153. The molecule has 186 valence electrons. The van der Waals surface area contributed by atoms with E-state index in [1.165, 1.54) is 11.3 Å². The second kappa shape index (κ2) is 10.0. The van der Waals surface area contributed by atoms with E-state index in [1.807, 2.05) is 65.9 Å². The zero-order valence-electron chi connectivity index (χ0n) is 21.2. The summed E-state index contributed by atoms with van der Waals surface area (Å²) in [4.78, 5) is 27.0. The molecule has 2 unspecified atom stereocenters. The fourth-order valence-electron chi connectivity index (χ4n) is 5.17. The maximum atomic E-state index is 12.6. The van der Waals surface area contributed by atoms with Gasteiger partial charge < -0.3 is 15.2 Å². The van der Waals surface area contributed by atoms with Crippen molar-refractivity contribution in [2.75, 3.05) is 5.32 Å². The van der Waals surface area contributed by atoms with Crippen LogP contribution in [0.15, 0.2) is 36.7 Å². The standard InChI is InChI=1S/C27H34N4O3S/c1-15(2)34-24(32)23-17(4)12-27(33,13-18(23)5)25-29-14-22(35-25)20-9-16(3)10-21(11-20)31-26-28-8-7-19(6)30-26/h7-11,14-15,17-18,23,33H,12-13H2,1-6H3,(H,28,30,31). The molecule has 0 spiro atoms. The number of rotatable bonds is 6. The number of aliphatic hydroxyl groups is 1. The van der Waals surface area contributed by atoms with Crippen molar-refractivity contribution < 1.29 is 14.6 Å². The number of nitrogens with one attached hydrogen (secondary N) is 1. The number of benzene rings is 1. The Morgan fingerprint density at radius 2 is 1.89 bits per heavy atom. The number of anilines is 2. The van der Waals surface area contributed by atoms with Crippen molar-refractivity contribution in [1.29, 1.82) is 0 Å². The topological polar surface area (TPSA) is 97.2 Å². The maximum absolute atomic E-state index is 12.6. The molecule has 8 heteroatoms. The lowest BCUT2D eigenvalue weighted by atomic mass is 9.67. The SMILES string of the molecule is Cc1cc(Nc2nccc(C)n2)cc(-c2cnc(C3(O)CC(C)C(C(=O)OC(C)C)C(C)C3)s2)c1. The Labute approximate surface area is 211 Å². The third-order valence-corrected chi connectivity index (χ3v) is 7.73. The Bertz CT molecular complexity index is 1200. The molecule has 1 fully saturated rings. The van der Waals surface area contributed by atoms with Crippen molar-refractivity contribution in [3.05, 3.63) is 52.9 Å². The average molecular weight is 495 g/mol. The molecule has 2 aromatic heterocycles. The Morgan fingerprint density at radius 3 is 2.54 bits per heavy atom. The van der Waals surface area contributed by atoms with Crippen LogP contribution < -0.4 is 5.32 Å². The van der Waals surface area contributed by atoms with Crippen molar-refractivity contribution >= 4 is 28.9 Å². The summed E-state index contributed by atoms with van der Waals surface area (Å²) < 4.78 is 5.49. The number of nitrogens with zero attached hydrogens (tertiary/aromatic N) is 3. The molecule has 1 aromatic carbocycles. The van der Waals surface area contributed by atoms with Gasteiger partial charge in [-0.25, -0.2) is 15.0 Å². The number of thiazole rings is 1. The first-order valence-corrected chi connectivity index (χ1v) is 12.9. The van der Waals surface area contributed by atoms with E-state index in [1.54, 1.807) is 6.20 Å². The predicted molar refractivity (Wildman–Crippen MR) is 139 cm³/mol. The molecule has 2 atom stereocenters. The van der Waals surface area contributed by atoms with Crippen molar-refractivity contribution in [2.45, 2.75) is 66.1 Å². The van der Waals surface area contributed by atoms with Gasteiger partial charge in [0.05, 0.1) is 16.9 Å². The van der Waals surface area contributed by atoms with Crippen molar-refractivity contribution in [2.24, 2.45) is 17.8 Å². The van der Waals surface area contributed by atoms with Crippen LogP contribution in [0, 0.1) is 31.6 Å². The molecule has 2 heterocycles. The molecule has 0 radical (unpaired) electrons. The lowest BCUT2D eigenvalue weighted by molar-refractivity contribution is -0.163. The molecule has 1 aliphatic rings. The van der Waals surface area contributed by atoms with Crippen LogP contribution in [0.25, 0.3) is 10.4 Å². The first-order chi connectivity index (χ1) is 16.5. The van der Waals surface area contributed by atoms with E-state index < -0.39 is 5.60 Å². The largest absolute Gasteiger partial charge is 0.463 e. The number of hydrogen-bond donors (Lipinski definition) is 2. The van der Waals surface area contributed by atoms with Crippen LogP contribution in [-0.2, 0) is 15.1 Å². The Hall–Kier alpha value is -2.84. The third-order valence-electron chi connectivity index (χ3n) is 6.49. The van der Waals surface area contributed by atoms with Gasteiger partial charge in [-0.05, 0) is 81.7 Å². The van der Waals surface area contributed by atoms with Crippen LogP contribution in [0.1, 0.15) is 56.8 Å². The van der Waals surface area contributed by atoms with E-state index in [4.69, 9.17) is 4.74 Å². The molecule has 0 saturated heterocycles. The van der Waals surface area contributed by atoms with Gasteiger partial charge in [0.1, 0.15) is 10.6 Å². The van der Waals surface area contributed by atoms with Crippen molar-refractivity contribution in [3.8, 4) is 10.4 Å². The summed E-state index contributed by atoms with van der Waals surface area (Å²) in [6, 6.07) is 8.06. The molecule has 4 rings (SSSR count). The highest BCUT2D eigenvalue weighted by molar-refractivity contribution is 7.15. The minimum absolute atomic E-state index is 0.00792. The molecular weight excluding hydrogens is 460 g/mol. The highest BCUT2D eigenvalue weighted by Crippen LogP contribution is 2.48. The van der Waals surface area contributed by atoms with Gasteiger partial charge in [-0.2, -0.15) is 0 Å². The van der Waals surface area contributed by atoms with E-state index in [9.17, 15) is 9.90 Å². The van der Waals surface area contributed by atoms with Gasteiger partial charge in [-0.15, -0.1) is 11.3 Å². The second-order valence-electron chi connectivity index (χ2n) is 10.2. The summed E-state index contributed by atoms with van der Waals surface area (Å²) in [6.07, 6.45) is 4.38. The minimum Gasteiger partial charge on any atom is -0.463 e. The highest BCUT2D eigenvalue weighted by atomic mass is 32.1. The highest BCUT2D eigenvalue weighted by Gasteiger charge is 2.47. The molecule has 7 nitrogen and oxygen atoms in total. The third kappa shape index (κ3) is 5.70. The Balaban J connectivity index is 1.55. The monoisotopic (exact) mass is 494 g/mol. The quantitative estimate of drug-likeness (QED) is 0.419. The summed E-state index contributed by atoms with van der Waals surface area (Å²) in [5.41, 5.74) is 2.84. The van der Waals surface area contributed by atoms with Gasteiger partial charge in [0, 0.05) is 23.8 Å². The van der Waals surface area contributed by atoms with Gasteiger partial charge in [0.2, 0.25) is 5.95 Å². The Kier molecular flexibility index (Phi) is 7.24. The van der Waals surface area contributed by atoms with Crippen molar-refractivity contribution in [1.82, 2.24) is 15.0 Å². The minimum atomic E-state index is -1.06. The van der Waals surface area contributed by atoms with Crippen LogP contribution in [-0.4, -0.2) is 32.1 Å². The van der Waals surface area contributed by atoms with Gasteiger partial charge in [0.15, 0.2) is 0 Å². The molecule has 2 N–H and O–H groups in total. The summed E-state index contributed by atoms with van der Waals surface area (Å²) in [5, 5.41) is 15.6. The number of ether oxygens (including phenoxy) is 1. The smallest absolute Gasteiger partial charge is 0.309 e. The first kappa shape index (κ1) is 25.3. The van der Waals surface area contributed by atoms with Crippen LogP contribution in [0.3, 0.4) is 0 Å². The molecule has 0 aliphatic heterocycles. The summed E-state index contributed by atoms with van der Waals surface area (Å²) in [6.45, 7) is 11.7. The number of carbonyl (C=O) groups excluding carboxylic acids is 1. The average Bonchev–Trinajstić information content (AvgIpc) is 3.23. The van der Waals surface area contributed by atoms with E-state index in [2.05, 4.69) is 26.3 Å². The Morgan fingerprint density at radius 1 is 1.17 bits per heavy atom. The van der Waals surface area contributed by atoms with E-state index in [-0.39, 0.29) is 29.8 Å². The molecule has 1 saturated carbocycles. The number of aryl methyl sites for hydroxylation is 2. The van der Waals surface area contributed by atoms with Crippen LogP contribution in [0.5, 0.6) is 0 Å². The summed E-state index contributed by atoms with van der Waals surface area (Å²) in [7, 11) is 0. The maximum Gasteiger partial charge on any atom is 0.309 e. The number of hydrogen-bond acceptors (Lipinski definition) is 8. The molecule has 1 aliphatic carbocycles. The van der Waals surface area contributed by atoms with E-state index in [0.29, 0.717) is 23.8 Å². The molecule has 0 amide bonds. The fraction of sp³-hybridized carbons (Fsp3) is 0.481. The predicted octanol–water partition coefficient (Wildman–Crippen LogP) is 5.78. The first-order valence-electron chi connectivity index (χ1n) is 12.1. The molecular formula is C27H34N4O3S.